The first-order valence-corrected chi connectivity index (χ1v) is 17.3. The van der Waals surface area contributed by atoms with Crippen molar-refractivity contribution in [3.63, 3.8) is 0 Å². The number of anilines is 1. The number of aromatic nitrogens is 1. The van der Waals surface area contributed by atoms with Gasteiger partial charge in [0.25, 0.3) is 5.91 Å². The number of H-pyrrole nitrogens is 1. The van der Waals surface area contributed by atoms with Crippen molar-refractivity contribution < 1.29 is 38.5 Å². The lowest BCUT2D eigenvalue weighted by atomic mass is 9.92. The number of fused-ring (bicyclic) bond motifs is 4. The van der Waals surface area contributed by atoms with Crippen LogP contribution in [0.5, 0.6) is 11.5 Å². The number of phenols is 1. The predicted molar refractivity (Wildman–Crippen MR) is 194 cm³/mol. The highest BCUT2D eigenvalue weighted by Crippen LogP contribution is 2.46. The number of nitrogens with one attached hydrogen (secondary N) is 2. The fourth-order valence-electron chi connectivity index (χ4n) is 5.96. The minimum Gasteiger partial charge on any atom is -0.507 e. The van der Waals surface area contributed by atoms with Gasteiger partial charge in [-0.15, -0.1) is 11.6 Å². The molecule has 270 valence electrons. The Morgan fingerprint density at radius 1 is 1.02 bits per heavy atom. The molecule has 0 fully saturated rings. The third-order valence-electron chi connectivity index (χ3n) is 8.34. The van der Waals surface area contributed by atoms with E-state index >= 15 is 0 Å². The fourth-order valence-corrected chi connectivity index (χ4v) is 6.21. The normalized spacial score (nSPS) is 14.5. The van der Waals surface area contributed by atoms with Crippen molar-refractivity contribution in [1.29, 1.82) is 0 Å². The molecule has 3 N–H and O–H groups in total. The number of hydroxylamine groups is 1. The number of aryl methyl sites for hydroxylation is 1. The zero-order valence-corrected chi connectivity index (χ0v) is 30.1. The molecule has 3 aromatic carbocycles. The Hall–Kier alpha value is -4.07. The number of phenolic OH excluding ortho intramolecular Hbond substituents is 1. The predicted octanol–water partition coefficient (Wildman–Crippen LogP) is 6.12. The molecule has 1 aliphatic rings. The second-order valence-corrected chi connectivity index (χ2v) is 13.7. The number of ether oxygens (including phenoxy) is 4. The van der Waals surface area contributed by atoms with Crippen molar-refractivity contribution in [3.05, 3.63) is 65.4 Å². The number of carbonyl (C=O) groups excluding carboxylic acids is 2. The van der Waals surface area contributed by atoms with Crippen LogP contribution in [0.2, 0.25) is 0 Å². The second-order valence-electron chi connectivity index (χ2n) is 13.4. The molecule has 2 heterocycles. The molecule has 4 aromatic rings. The highest BCUT2D eigenvalue weighted by molar-refractivity contribution is 6.19. The minimum absolute atomic E-state index is 0.0454. The number of carbonyl (C=O) groups is 2. The molecule has 0 bridgehead atoms. The molecule has 13 heteroatoms. The van der Waals surface area contributed by atoms with E-state index in [-0.39, 0.29) is 24.2 Å². The number of rotatable bonds is 16. The Balaban J connectivity index is 1.04. The third-order valence-corrected chi connectivity index (χ3v) is 8.71. The summed E-state index contributed by atoms with van der Waals surface area (Å²) in [5.74, 6) is 0.999. The van der Waals surface area contributed by atoms with E-state index in [0.29, 0.717) is 69.1 Å². The van der Waals surface area contributed by atoms with E-state index in [0.717, 1.165) is 39.3 Å². The molecule has 0 unspecified atom stereocenters. The Labute approximate surface area is 297 Å². The Kier molecular flexibility index (Phi) is 12.5. The average Bonchev–Trinajstić information content (AvgIpc) is 3.66. The Morgan fingerprint density at radius 3 is 2.52 bits per heavy atom. The summed E-state index contributed by atoms with van der Waals surface area (Å²) < 4.78 is 22.2. The smallest absolute Gasteiger partial charge is 0.431 e. The van der Waals surface area contributed by atoms with Crippen LogP contribution < -0.4 is 15.1 Å². The lowest BCUT2D eigenvalue weighted by Crippen LogP contribution is -2.33. The van der Waals surface area contributed by atoms with Gasteiger partial charge in [-0.2, -0.15) is 5.48 Å². The van der Waals surface area contributed by atoms with Crippen molar-refractivity contribution in [2.24, 2.45) is 0 Å². The van der Waals surface area contributed by atoms with Gasteiger partial charge >= 0.3 is 6.09 Å². The summed E-state index contributed by atoms with van der Waals surface area (Å²) in [6, 6.07) is 15.1. The van der Waals surface area contributed by atoms with Gasteiger partial charge in [-0.25, -0.2) is 4.79 Å². The molecule has 0 radical (unpaired) electrons. The number of hydrogen-bond acceptors (Lipinski definition) is 9. The summed E-state index contributed by atoms with van der Waals surface area (Å²) in [5, 5.41) is 13.4. The number of halogens is 1. The number of alkyl halides is 1. The quantitative estimate of drug-likeness (QED) is 0.0715. The van der Waals surface area contributed by atoms with Gasteiger partial charge in [-0.1, -0.05) is 18.2 Å². The van der Waals surface area contributed by atoms with E-state index < -0.39 is 11.7 Å². The lowest BCUT2D eigenvalue weighted by molar-refractivity contribution is -0.0332. The molecular weight excluding hydrogens is 664 g/mol. The third kappa shape index (κ3) is 9.37. The van der Waals surface area contributed by atoms with Gasteiger partial charge in [0.05, 0.1) is 38.7 Å². The van der Waals surface area contributed by atoms with E-state index in [4.69, 9.17) is 35.4 Å². The first kappa shape index (κ1) is 37.2. The second kappa shape index (κ2) is 16.8. The number of hydrogen-bond donors (Lipinski definition) is 3. The molecule has 5 rings (SSSR count). The van der Waals surface area contributed by atoms with E-state index in [1.54, 1.807) is 31.7 Å². The number of likely N-dealkylation sites (N-methyl/N-ethyl adjacent to an activating group) is 1. The van der Waals surface area contributed by atoms with Crippen LogP contribution >= 0.6 is 11.6 Å². The van der Waals surface area contributed by atoms with Crippen LogP contribution in [0.3, 0.4) is 0 Å². The zero-order chi connectivity index (χ0) is 35.8. The van der Waals surface area contributed by atoms with Crippen molar-refractivity contribution >= 4 is 51.0 Å². The maximum Gasteiger partial charge on any atom is 0.431 e. The van der Waals surface area contributed by atoms with Crippen molar-refractivity contribution in [2.45, 2.75) is 39.2 Å². The van der Waals surface area contributed by atoms with Crippen LogP contribution in [0, 0.1) is 6.92 Å². The molecule has 1 aromatic heterocycles. The Morgan fingerprint density at radius 2 is 1.76 bits per heavy atom. The monoisotopic (exact) mass is 710 g/mol. The van der Waals surface area contributed by atoms with Crippen LogP contribution in [-0.4, -0.2) is 105 Å². The summed E-state index contributed by atoms with van der Waals surface area (Å²) in [6.07, 6.45) is -0.641. The van der Waals surface area contributed by atoms with Gasteiger partial charge < -0.3 is 38.8 Å². The van der Waals surface area contributed by atoms with Crippen LogP contribution in [0.25, 0.3) is 21.7 Å². The van der Waals surface area contributed by atoms with Crippen LogP contribution in [0.1, 0.15) is 48.3 Å². The van der Waals surface area contributed by atoms with E-state index in [9.17, 15) is 14.7 Å². The lowest BCUT2D eigenvalue weighted by Gasteiger charge is -2.19. The van der Waals surface area contributed by atoms with E-state index in [1.165, 1.54) is 0 Å². The number of aromatic hydroxyl groups is 1. The molecule has 1 aliphatic heterocycles. The topological polar surface area (TPSA) is 135 Å². The molecule has 50 heavy (non-hydrogen) atoms. The van der Waals surface area contributed by atoms with Gasteiger partial charge in [0, 0.05) is 53.8 Å². The summed E-state index contributed by atoms with van der Waals surface area (Å²) in [7, 11) is 2.00. The van der Waals surface area contributed by atoms with Crippen molar-refractivity contribution in [2.75, 3.05) is 77.1 Å². The molecule has 12 nitrogen and oxygen atoms in total. The summed E-state index contributed by atoms with van der Waals surface area (Å²) in [4.78, 5) is 37.5. The summed E-state index contributed by atoms with van der Waals surface area (Å²) in [5.41, 5.74) is 5.65. The minimum atomic E-state index is -0.641. The first-order chi connectivity index (χ1) is 23.9. The molecular formula is C37H47ClN4O8. The molecule has 0 aliphatic carbocycles. The number of benzene rings is 3. The van der Waals surface area contributed by atoms with Gasteiger partial charge in [0.2, 0.25) is 0 Å². The van der Waals surface area contributed by atoms with Gasteiger partial charge in [0.15, 0.2) is 0 Å². The molecule has 0 spiro atoms. The maximum atomic E-state index is 13.9. The zero-order valence-electron chi connectivity index (χ0n) is 29.3. The van der Waals surface area contributed by atoms with Gasteiger partial charge in [-0.05, 0) is 75.5 Å². The maximum absolute atomic E-state index is 13.9. The first-order valence-electron chi connectivity index (χ1n) is 16.8. The molecule has 0 saturated carbocycles. The summed E-state index contributed by atoms with van der Waals surface area (Å²) in [6.45, 7) is 11.6. The van der Waals surface area contributed by atoms with Crippen molar-refractivity contribution in [3.8, 4) is 11.5 Å². The average molecular weight is 711 g/mol. The number of aromatic amines is 1. The largest absolute Gasteiger partial charge is 0.507 e. The molecule has 1 atom stereocenters. The van der Waals surface area contributed by atoms with Crippen LogP contribution in [-0.2, 0) is 19.0 Å². The molecule has 2 amide bonds. The summed E-state index contributed by atoms with van der Waals surface area (Å²) >= 11 is 6.42. The number of amides is 2. The van der Waals surface area contributed by atoms with E-state index in [2.05, 4.69) is 15.4 Å². The van der Waals surface area contributed by atoms with Crippen LogP contribution in [0.15, 0.2) is 48.5 Å². The van der Waals surface area contributed by atoms with Gasteiger partial charge in [-0.3, -0.25) is 9.63 Å². The number of nitrogens with zero attached hydrogens (tertiary/aromatic N) is 2. The van der Waals surface area contributed by atoms with Gasteiger partial charge in [0.1, 0.15) is 29.4 Å². The fraction of sp³-hybridized carbons (Fsp3) is 0.459. The SMILES string of the molecule is Cc1cccc2c(O)cc3c(c12)[C@H](CCl)CN3C(=O)c1cc2cc(OCCN(C)CCOCCOCCONC(=O)OC(C)(C)C)ccc2[nH]1. The standard InChI is InChI=1S/C37H47ClN4O8/c1-24-7-6-8-28-32(43)21-31-34(33(24)28)26(22-38)23-42(31)35(44)30-20-25-19-27(9-10-29(25)39-30)48-14-12-41(5)11-13-46-15-16-47-17-18-49-40-36(45)50-37(2,3)4/h6-10,19-21,26,39,43H,11-18,22-23H2,1-5H3,(H,40,45)/t26-/m1/s1. The van der Waals surface area contributed by atoms with Crippen LogP contribution in [0.4, 0.5) is 10.5 Å². The van der Waals surface area contributed by atoms with Crippen molar-refractivity contribution in [1.82, 2.24) is 15.4 Å². The highest BCUT2D eigenvalue weighted by atomic mass is 35.5. The van der Waals surface area contributed by atoms with E-state index in [1.807, 2.05) is 56.4 Å². The molecule has 0 saturated heterocycles. The Bertz CT molecular complexity index is 1790. The highest BCUT2D eigenvalue weighted by Gasteiger charge is 2.35.